The molecular formula is C20H22N2O6S. The SMILES string of the molecule is COc1cc(C(=O)OCCn2c(C)csc2=O)ccc1OCc1c(C)noc1C. The van der Waals surface area contributed by atoms with Crippen molar-refractivity contribution < 1.29 is 23.5 Å². The number of thiazole rings is 1. The summed E-state index contributed by atoms with van der Waals surface area (Å²) in [6, 6.07) is 4.82. The number of benzene rings is 1. The molecular weight excluding hydrogens is 396 g/mol. The third-order valence-electron chi connectivity index (χ3n) is 4.48. The Bertz CT molecular complexity index is 1050. The molecule has 3 aromatic rings. The number of nitrogens with zero attached hydrogens (tertiary/aromatic N) is 2. The predicted octanol–water partition coefficient (Wildman–Crippen LogP) is 3.27. The van der Waals surface area contributed by atoms with Crippen LogP contribution in [-0.4, -0.2) is 29.4 Å². The summed E-state index contributed by atoms with van der Waals surface area (Å²) in [6.07, 6.45) is 0. The number of ether oxygens (including phenoxy) is 3. The van der Waals surface area contributed by atoms with E-state index >= 15 is 0 Å². The van der Waals surface area contributed by atoms with Crippen LogP contribution in [-0.2, 0) is 17.9 Å². The molecule has 0 atom stereocenters. The zero-order chi connectivity index (χ0) is 21.0. The molecule has 0 N–H and O–H groups in total. The van der Waals surface area contributed by atoms with Gasteiger partial charge in [0.2, 0.25) is 0 Å². The Kier molecular flexibility index (Phi) is 6.38. The maximum atomic E-state index is 12.3. The first-order valence-electron chi connectivity index (χ1n) is 8.95. The second-order valence-electron chi connectivity index (χ2n) is 6.39. The molecule has 9 heteroatoms. The van der Waals surface area contributed by atoms with E-state index in [0.29, 0.717) is 29.4 Å². The molecule has 0 radical (unpaired) electrons. The first kappa shape index (κ1) is 20.7. The molecule has 0 amide bonds. The number of carbonyl (C=O) groups is 1. The molecule has 0 aliphatic carbocycles. The highest BCUT2D eigenvalue weighted by atomic mass is 32.1. The molecule has 0 aliphatic rings. The van der Waals surface area contributed by atoms with Gasteiger partial charge in [-0.1, -0.05) is 16.5 Å². The van der Waals surface area contributed by atoms with Gasteiger partial charge in [0.25, 0.3) is 0 Å². The zero-order valence-electron chi connectivity index (χ0n) is 16.7. The normalized spacial score (nSPS) is 10.8. The first-order valence-corrected chi connectivity index (χ1v) is 9.83. The lowest BCUT2D eigenvalue weighted by Gasteiger charge is -2.12. The number of hydrogen-bond acceptors (Lipinski definition) is 8. The van der Waals surface area contributed by atoms with Crippen molar-refractivity contribution in [2.24, 2.45) is 0 Å². The lowest BCUT2D eigenvalue weighted by Crippen LogP contribution is -2.19. The van der Waals surface area contributed by atoms with Crippen LogP contribution < -0.4 is 14.3 Å². The third-order valence-corrected chi connectivity index (χ3v) is 5.36. The van der Waals surface area contributed by atoms with Crippen molar-refractivity contribution in [1.29, 1.82) is 0 Å². The van der Waals surface area contributed by atoms with Gasteiger partial charge in [-0.05, 0) is 39.0 Å². The molecule has 0 saturated carbocycles. The third kappa shape index (κ3) is 4.68. The second kappa shape index (κ2) is 8.95. The summed E-state index contributed by atoms with van der Waals surface area (Å²) in [5, 5.41) is 5.67. The van der Waals surface area contributed by atoms with Gasteiger partial charge < -0.3 is 18.7 Å². The maximum absolute atomic E-state index is 12.3. The Labute approximate surface area is 171 Å². The van der Waals surface area contributed by atoms with Gasteiger partial charge >= 0.3 is 10.8 Å². The van der Waals surface area contributed by atoms with Gasteiger partial charge in [-0.3, -0.25) is 9.36 Å². The molecule has 2 heterocycles. The highest BCUT2D eigenvalue weighted by Crippen LogP contribution is 2.29. The van der Waals surface area contributed by atoms with Crippen molar-refractivity contribution in [3.8, 4) is 11.5 Å². The van der Waals surface area contributed by atoms with Crippen LogP contribution in [0.4, 0.5) is 0 Å². The second-order valence-corrected chi connectivity index (χ2v) is 7.21. The van der Waals surface area contributed by atoms with Crippen LogP contribution in [0.3, 0.4) is 0 Å². The van der Waals surface area contributed by atoms with Gasteiger partial charge in [0.1, 0.15) is 19.0 Å². The van der Waals surface area contributed by atoms with Gasteiger partial charge in [-0.2, -0.15) is 0 Å². The molecule has 3 rings (SSSR count). The van der Waals surface area contributed by atoms with Crippen LogP contribution in [0, 0.1) is 20.8 Å². The number of carbonyl (C=O) groups excluding carboxylic acids is 1. The van der Waals surface area contributed by atoms with Crippen molar-refractivity contribution >= 4 is 17.3 Å². The lowest BCUT2D eigenvalue weighted by atomic mass is 10.2. The van der Waals surface area contributed by atoms with Crippen molar-refractivity contribution in [1.82, 2.24) is 9.72 Å². The van der Waals surface area contributed by atoms with Gasteiger partial charge in [-0.25, -0.2) is 4.79 Å². The molecule has 0 saturated heterocycles. The summed E-state index contributed by atoms with van der Waals surface area (Å²) in [5.41, 5.74) is 2.81. The Morgan fingerprint density at radius 3 is 2.66 bits per heavy atom. The van der Waals surface area contributed by atoms with Crippen LogP contribution in [0.25, 0.3) is 0 Å². The fourth-order valence-corrected chi connectivity index (χ4v) is 3.52. The fourth-order valence-electron chi connectivity index (χ4n) is 2.76. The highest BCUT2D eigenvalue weighted by molar-refractivity contribution is 7.07. The van der Waals surface area contributed by atoms with Gasteiger partial charge in [-0.15, -0.1) is 0 Å². The van der Waals surface area contributed by atoms with E-state index in [4.69, 9.17) is 18.7 Å². The smallest absolute Gasteiger partial charge is 0.338 e. The number of hydrogen-bond donors (Lipinski definition) is 0. The summed E-state index contributed by atoms with van der Waals surface area (Å²) >= 11 is 1.12. The van der Waals surface area contributed by atoms with Crippen molar-refractivity contribution in [3.05, 3.63) is 61.5 Å². The monoisotopic (exact) mass is 418 g/mol. The Balaban J connectivity index is 1.63. The summed E-state index contributed by atoms with van der Waals surface area (Å²) in [4.78, 5) is 24.0. The number of rotatable bonds is 8. The minimum Gasteiger partial charge on any atom is -0.493 e. The van der Waals surface area contributed by atoms with E-state index in [1.54, 1.807) is 28.1 Å². The van der Waals surface area contributed by atoms with Gasteiger partial charge in [0.15, 0.2) is 11.5 Å². The van der Waals surface area contributed by atoms with Crippen LogP contribution in [0.1, 0.15) is 33.1 Å². The maximum Gasteiger partial charge on any atom is 0.338 e. The molecule has 0 spiro atoms. The first-order chi connectivity index (χ1) is 13.9. The fraction of sp³-hybridized carbons (Fsp3) is 0.350. The highest BCUT2D eigenvalue weighted by Gasteiger charge is 2.15. The Morgan fingerprint density at radius 1 is 1.24 bits per heavy atom. The minimum absolute atomic E-state index is 0.0694. The Hall–Kier alpha value is -3.07. The molecule has 2 aromatic heterocycles. The zero-order valence-corrected chi connectivity index (χ0v) is 17.5. The average molecular weight is 418 g/mol. The predicted molar refractivity (Wildman–Crippen MR) is 107 cm³/mol. The lowest BCUT2D eigenvalue weighted by molar-refractivity contribution is 0.0489. The average Bonchev–Trinajstić information content (AvgIpc) is 3.21. The van der Waals surface area contributed by atoms with Gasteiger partial charge in [0.05, 0.1) is 30.5 Å². The number of methoxy groups -OCH3 is 1. The van der Waals surface area contributed by atoms with E-state index < -0.39 is 5.97 Å². The summed E-state index contributed by atoms with van der Waals surface area (Å²) < 4.78 is 23.1. The molecule has 0 aliphatic heterocycles. The van der Waals surface area contributed by atoms with Crippen LogP contribution in [0.2, 0.25) is 0 Å². The largest absolute Gasteiger partial charge is 0.493 e. The standard InChI is InChI=1S/C20H22N2O6S/c1-12-11-29-20(24)22(12)7-8-26-19(23)15-5-6-17(18(9-15)25-4)27-10-16-13(2)21-28-14(16)3/h5-6,9,11H,7-8,10H2,1-4H3. The van der Waals surface area contributed by atoms with Crippen LogP contribution >= 0.6 is 11.3 Å². The minimum atomic E-state index is -0.499. The Morgan fingerprint density at radius 2 is 2.03 bits per heavy atom. The van der Waals surface area contributed by atoms with Crippen molar-refractivity contribution in [2.45, 2.75) is 33.9 Å². The molecule has 0 fully saturated rings. The quantitative estimate of drug-likeness (QED) is 0.518. The molecule has 0 bridgehead atoms. The topological polar surface area (TPSA) is 92.8 Å². The van der Waals surface area contributed by atoms with Crippen LogP contribution in [0.5, 0.6) is 11.5 Å². The molecule has 0 unspecified atom stereocenters. The van der Waals surface area contributed by atoms with E-state index in [1.165, 1.54) is 7.11 Å². The molecule has 154 valence electrons. The van der Waals surface area contributed by atoms with E-state index in [-0.39, 0.29) is 18.1 Å². The molecule has 1 aromatic carbocycles. The van der Waals surface area contributed by atoms with Crippen molar-refractivity contribution in [3.63, 3.8) is 0 Å². The molecule has 8 nitrogen and oxygen atoms in total. The summed E-state index contributed by atoms with van der Waals surface area (Å²) in [6.45, 7) is 6.19. The van der Waals surface area contributed by atoms with E-state index in [9.17, 15) is 9.59 Å². The van der Waals surface area contributed by atoms with E-state index in [1.807, 2.05) is 20.8 Å². The van der Waals surface area contributed by atoms with Crippen LogP contribution in [0.15, 0.2) is 32.9 Å². The van der Waals surface area contributed by atoms with E-state index in [2.05, 4.69) is 5.16 Å². The number of aromatic nitrogens is 2. The van der Waals surface area contributed by atoms with Gasteiger partial charge in [0, 0.05) is 11.1 Å². The molecule has 29 heavy (non-hydrogen) atoms. The number of aryl methyl sites for hydroxylation is 3. The van der Waals surface area contributed by atoms with Crippen molar-refractivity contribution in [2.75, 3.05) is 13.7 Å². The summed E-state index contributed by atoms with van der Waals surface area (Å²) in [7, 11) is 1.50. The summed E-state index contributed by atoms with van der Waals surface area (Å²) in [5.74, 6) is 1.10. The van der Waals surface area contributed by atoms with E-state index in [0.717, 1.165) is 28.3 Å². The number of esters is 1.